The lowest BCUT2D eigenvalue weighted by Crippen LogP contribution is -2.50. The Bertz CT molecular complexity index is 288. The average molecular weight is 300 g/mol. The summed E-state index contributed by atoms with van der Waals surface area (Å²) >= 11 is 0. The Hall–Kier alpha value is -0.790. The number of rotatable bonds is 6. The molecule has 0 unspecified atom stereocenters. The Balaban J connectivity index is -0.000000739. The Morgan fingerprint density at radius 2 is 1.38 bits per heavy atom. The first-order chi connectivity index (χ1) is 9.46. The van der Waals surface area contributed by atoms with E-state index in [1.807, 2.05) is 54.5 Å². The summed E-state index contributed by atoms with van der Waals surface area (Å²) in [6.45, 7) is 26.3. The normalized spacial score (nSPS) is 11.4. The zero-order valence-corrected chi connectivity index (χ0v) is 16.6. The van der Waals surface area contributed by atoms with Crippen molar-refractivity contribution in [2.75, 3.05) is 0 Å². The third kappa shape index (κ3) is 11.5. The first kappa shape index (κ1) is 25.2. The fraction of sp³-hybridized carbons (Fsp3) is 0.842. The molecule has 0 aromatic rings. The molecule has 0 radical (unpaired) electrons. The van der Waals surface area contributed by atoms with Crippen molar-refractivity contribution in [1.29, 1.82) is 0 Å². The van der Waals surface area contributed by atoms with Crippen molar-refractivity contribution in [3.05, 3.63) is 12.7 Å². The van der Waals surface area contributed by atoms with Crippen LogP contribution < -0.4 is 5.32 Å². The van der Waals surface area contributed by atoms with Crippen LogP contribution in [-0.2, 0) is 4.79 Å². The van der Waals surface area contributed by atoms with Crippen molar-refractivity contribution >= 4 is 5.91 Å². The van der Waals surface area contributed by atoms with E-state index in [4.69, 9.17) is 0 Å². The van der Waals surface area contributed by atoms with Crippen LogP contribution in [0.1, 0.15) is 89.0 Å². The van der Waals surface area contributed by atoms with E-state index in [1.165, 1.54) is 0 Å². The second-order valence-corrected chi connectivity index (χ2v) is 6.94. The fourth-order valence-corrected chi connectivity index (χ4v) is 1.89. The number of carbonyl (C=O) groups is 1. The van der Waals surface area contributed by atoms with Crippen LogP contribution in [0.4, 0.5) is 0 Å². The topological polar surface area (TPSA) is 29.1 Å². The Labute approximate surface area is 134 Å². The Kier molecular flexibility index (Phi) is 13.0. The van der Waals surface area contributed by atoms with E-state index in [0.717, 1.165) is 12.8 Å². The number of hydrogen-bond acceptors (Lipinski definition) is 1. The summed E-state index contributed by atoms with van der Waals surface area (Å²) in [5.41, 5.74) is -0.468. The van der Waals surface area contributed by atoms with Gasteiger partial charge in [0.2, 0.25) is 5.91 Å². The first-order valence-corrected chi connectivity index (χ1v) is 8.42. The van der Waals surface area contributed by atoms with Crippen LogP contribution in [0.5, 0.6) is 0 Å². The predicted octanol–water partition coefficient (Wildman–Crippen LogP) is 5.97. The quantitative estimate of drug-likeness (QED) is 0.601. The smallest absolute Gasteiger partial charge is 0.226 e. The van der Waals surface area contributed by atoms with Crippen LogP contribution in [0.3, 0.4) is 0 Å². The van der Waals surface area contributed by atoms with Crippen LogP contribution in [0.2, 0.25) is 0 Å². The third-order valence-corrected chi connectivity index (χ3v) is 3.40. The lowest BCUT2D eigenvalue weighted by atomic mass is 9.79. The zero-order chi connectivity index (χ0) is 17.9. The highest BCUT2D eigenvalue weighted by Crippen LogP contribution is 2.30. The van der Waals surface area contributed by atoms with Crippen LogP contribution >= 0.6 is 0 Å². The van der Waals surface area contributed by atoms with Gasteiger partial charge in [-0.1, -0.05) is 68.4 Å². The van der Waals surface area contributed by atoms with E-state index in [1.54, 1.807) is 0 Å². The van der Waals surface area contributed by atoms with E-state index in [9.17, 15) is 4.79 Å². The van der Waals surface area contributed by atoms with Crippen LogP contribution in [0.25, 0.3) is 0 Å². The van der Waals surface area contributed by atoms with E-state index < -0.39 is 0 Å². The second kappa shape index (κ2) is 10.9. The Morgan fingerprint density at radius 1 is 1.00 bits per heavy atom. The summed E-state index contributed by atoms with van der Waals surface area (Å²) < 4.78 is 0. The molecule has 0 saturated carbocycles. The Morgan fingerprint density at radius 3 is 1.67 bits per heavy atom. The molecule has 21 heavy (non-hydrogen) atoms. The predicted molar refractivity (Wildman–Crippen MR) is 97.6 cm³/mol. The van der Waals surface area contributed by atoms with Gasteiger partial charge in [0.25, 0.3) is 0 Å². The molecule has 0 aliphatic heterocycles. The summed E-state index contributed by atoms with van der Waals surface area (Å²) in [6.07, 6.45) is 3.68. The summed E-state index contributed by atoms with van der Waals surface area (Å²) in [5.74, 6) is 0.130. The molecule has 0 atom stereocenters. The largest absolute Gasteiger partial charge is 0.351 e. The maximum atomic E-state index is 12.1. The molecule has 0 bridgehead atoms. The molecule has 128 valence electrons. The molecule has 0 spiro atoms. The number of allylic oxidation sites excluding steroid dienone is 1. The standard InChI is InChI=1S/C15H29NO.2C2H6/c1-9-13(3,4)11-15(7,8)16-12(17)14(5,6)10-2;2*1-2/h9H,1,10-11H2,2-8H3,(H,16,17);2*1-2H3. The maximum Gasteiger partial charge on any atom is 0.226 e. The van der Waals surface area contributed by atoms with Gasteiger partial charge in [-0.25, -0.2) is 0 Å². The molecule has 0 aromatic heterocycles. The van der Waals surface area contributed by atoms with Gasteiger partial charge in [0.05, 0.1) is 0 Å². The number of carbonyl (C=O) groups excluding carboxylic acids is 1. The summed E-state index contributed by atoms with van der Waals surface area (Å²) in [4.78, 5) is 12.1. The molecule has 0 aromatic carbocycles. The molecule has 2 nitrogen and oxygen atoms in total. The fourth-order valence-electron chi connectivity index (χ4n) is 1.89. The molecule has 0 aliphatic rings. The van der Waals surface area contributed by atoms with Crippen molar-refractivity contribution < 1.29 is 4.79 Å². The van der Waals surface area contributed by atoms with Gasteiger partial charge in [0.15, 0.2) is 0 Å². The van der Waals surface area contributed by atoms with Crippen molar-refractivity contribution in [3.8, 4) is 0 Å². The van der Waals surface area contributed by atoms with Gasteiger partial charge in [-0.05, 0) is 32.1 Å². The monoisotopic (exact) mass is 299 g/mol. The van der Waals surface area contributed by atoms with Gasteiger partial charge in [0.1, 0.15) is 0 Å². The van der Waals surface area contributed by atoms with Crippen LogP contribution in [0, 0.1) is 10.8 Å². The van der Waals surface area contributed by atoms with Gasteiger partial charge < -0.3 is 5.32 Å². The van der Waals surface area contributed by atoms with Gasteiger partial charge in [-0.2, -0.15) is 0 Å². The average Bonchev–Trinajstić information content (AvgIpc) is 2.41. The molecule has 0 aliphatic carbocycles. The van der Waals surface area contributed by atoms with E-state index >= 15 is 0 Å². The lowest BCUT2D eigenvalue weighted by Gasteiger charge is -2.36. The van der Waals surface area contributed by atoms with Crippen molar-refractivity contribution in [2.24, 2.45) is 10.8 Å². The molecule has 0 saturated heterocycles. The first-order valence-electron chi connectivity index (χ1n) is 8.42. The number of amides is 1. The van der Waals surface area contributed by atoms with E-state index in [0.29, 0.717) is 0 Å². The third-order valence-electron chi connectivity index (χ3n) is 3.40. The second-order valence-electron chi connectivity index (χ2n) is 6.94. The van der Waals surface area contributed by atoms with E-state index in [2.05, 4.69) is 39.6 Å². The minimum atomic E-state index is -0.296. The lowest BCUT2D eigenvalue weighted by molar-refractivity contribution is -0.131. The number of nitrogens with one attached hydrogen (secondary N) is 1. The SMILES string of the molecule is C=CC(C)(C)CC(C)(C)NC(=O)C(C)(C)CC.CC.CC. The molecule has 0 fully saturated rings. The summed E-state index contributed by atoms with van der Waals surface area (Å²) in [5, 5.41) is 3.15. The van der Waals surface area contributed by atoms with Gasteiger partial charge >= 0.3 is 0 Å². The van der Waals surface area contributed by atoms with E-state index in [-0.39, 0.29) is 22.3 Å². The molecular weight excluding hydrogens is 258 g/mol. The minimum Gasteiger partial charge on any atom is -0.351 e. The molecule has 0 heterocycles. The highest BCUT2D eigenvalue weighted by Gasteiger charge is 2.33. The zero-order valence-electron chi connectivity index (χ0n) is 16.6. The highest BCUT2D eigenvalue weighted by molar-refractivity contribution is 5.82. The number of hydrogen-bond donors (Lipinski definition) is 1. The van der Waals surface area contributed by atoms with Gasteiger partial charge in [-0.3, -0.25) is 4.79 Å². The summed E-state index contributed by atoms with van der Waals surface area (Å²) in [7, 11) is 0. The molecular formula is C19H41NO. The minimum absolute atomic E-state index is 0.0349. The maximum absolute atomic E-state index is 12.1. The highest BCUT2D eigenvalue weighted by atomic mass is 16.2. The molecule has 1 amide bonds. The van der Waals surface area contributed by atoms with Gasteiger partial charge in [0, 0.05) is 11.0 Å². The van der Waals surface area contributed by atoms with Crippen LogP contribution in [-0.4, -0.2) is 11.4 Å². The van der Waals surface area contributed by atoms with Crippen LogP contribution in [0.15, 0.2) is 12.7 Å². The molecule has 1 N–H and O–H groups in total. The van der Waals surface area contributed by atoms with Crippen molar-refractivity contribution in [3.63, 3.8) is 0 Å². The summed E-state index contributed by atoms with van der Waals surface area (Å²) in [6, 6.07) is 0. The molecule has 0 rings (SSSR count). The van der Waals surface area contributed by atoms with Crippen molar-refractivity contribution in [1.82, 2.24) is 5.32 Å². The molecule has 2 heteroatoms. The van der Waals surface area contributed by atoms with Gasteiger partial charge in [-0.15, -0.1) is 6.58 Å². The van der Waals surface area contributed by atoms with Crippen molar-refractivity contribution in [2.45, 2.75) is 94.5 Å².